The average Bonchev–Trinajstić information content (AvgIpc) is 2.67. The summed E-state index contributed by atoms with van der Waals surface area (Å²) in [6, 6.07) is 0.716. The molecule has 1 unspecified atom stereocenters. The quantitative estimate of drug-likeness (QED) is 0.883. The number of rotatable bonds is 5. The van der Waals surface area contributed by atoms with Crippen LogP contribution in [0.4, 0.5) is 8.78 Å². The molecule has 1 atom stereocenters. The van der Waals surface area contributed by atoms with Gasteiger partial charge in [-0.3, -0.25) is 9.48 Å². The molecule has 1 aromatic heterocycles. The molecular weight excluding hydrogens is 240 g/mol. The number of alkyl halides is 2. The van der Waals surface area contributed by atoms with Crippen molar-refractivity contribution in [1.82, 2.24) is 15.1 Å². The lowest BCUT2D eigenvalue weighted by atomic mass is 10.2. The highest BCUT2D eigenvalue weighted by Gasteiger charge is 2.21. The molecule has 0 aromatic carbocycles. The maximum absolute atomic E-state index is 12.5. The molecule has 1 heterocycles. The Morgan fingerprint density at radius 3 is 2.50 bits per heavy atom. The summed E-state index contributed by atoms with van der Waals surface area (Å²) in [4.78, 5) is 11.8. The first-order chi connectivity index (χ1) is 8.32. The zero-order valence-corrected chi connectivity index (χ0v) is 11.1. The summed E-state index contributed by atoms with van der Waals surface area (Å²) >= 11 is 0. The SMILES string of the molecule is Cc1cc(C(F)F)nn1C(C)C(=O)NCC(C)C. The third-order valence-corrected chi connectivity index (χ3v) is 2.60. The summed E-state index contributed by atoms with van der Waals surface area (Å²) in [5.41, 5.74) is 0.258. The monoisotopic (exact) mass is 259 g/mol. The minimum atomic E-state index is -2.61. The number of carbonyl (C=O) groups excluding carboxylic acids is 1. The third-order valence-electron chi connectivity index (χ3n) is 2.60. The molecule has 0 fully saturated rings. The van der Waals surface area contributed by atoms with E-state index in [0.717, 1.165) is 0 Å². The van der Waals surface area contributed by atoms with Crippen molar-refractivity contribution < 1.29 is 13.6 Å². The van der Waals surface area contributed by atoms with Gasteiger partial charge in [-0.1, -0.05) is 13.8 Å². The largest absolute Gasteiger partial charge is 0.354 e. The molecule has 0 aliphatic rings. The van der Waals surface area contributed by atoms with Crippen LogP contribution in [0.3, 0.4) is 0 Å². The van der Waals surface area contributed by atoms with Crippen LogP contribution in [0.25, 0.3) is 0 Å². The summed E-state index contributed by atoms with van der Waals surface area (Å²) in [6.45, 7) is 7.83. The van der Waals surface area contributed by atoms with Gasteiger partial charge in [0, 0.05) is 12.2 Å². The second-order valence-electron chi connectivity index (χ2n) is 4.77. The Bertz CT molecular complexity index is 415. The number of nitrogens with one attached hydrogen (secondary N) is 1. The number of amides is 1. The highest BCUT2D eigenvalue weighted by molar-refractivity contribution is 5.79. The van der Waals surface area contributed by atoms with Gasteiger partial charge in [0.2, 0.25) is 5.91 Å². The van der Waals surface area contributed by atoms with Crippen LogP contribution in [-0.2, 0) is 4.79 Å². The van der Waals surface area contributed by atoms with Gasteiger partial charge < -0.3 is 5.32 Å². The summed E-state index contributed by atoms with van der Waals surface area (Å²) < 4.78 is 26.3. The number of aryl methyl sites for hydroxylation is 1. The molecule has 0 bridgehead atoms. The lowest BCUT2D eigenvalue weighted by Crippen LogP contribution is -2.34. The number of aromatic nitrogens is 2. The Hall–Kier alpha value is -1.46. The first-order valence-corrected chi connectivity index (χ1v) is 5.94. The van der Waals surface area contributed by atoms with Crippen molar-refractivity contribution in [2.75, 3.05) is 6.54 Å². The van der Waals surface area contributed by atoms with Crippen LogP contribution in [0.1, 0.15) is 44.6 Å². The van der Waals surface area contributed by atoms with Crippen LogP contribution in [-0.4, -0.2) is 22.2 Å². The maximum atomic E-state index is 12.5. The second kappa shape index (κ2) is 5.93. The normalized spacial score (nSPS) is 13.1. The lowest BCUT2D eigenvalue weighted by molar-refractivity contribution is -0.124. The molecule has 6 heteroatoms. The van der Waals surface area contributed by atoms with Crippen molar-refractivity contribution in [2.45, 2.75) is 40.2 Å². The minimum absolute atomic E-state index is 0.212. The first kappa shape index (κ1) is 14.6. The summed E-state index contributed by atoms with van der Waals surface area (Å²) in [5.74, 6) is 0.132. The smallest absolute Gasteiger partial charge is 0.282 e. The molecule has 0 saturated heterocycles. The molecule has 18 heavy (non-hydrogen) atoms. The van der Waals surface area contributed by atoms with E-state index in [1.54, 1.807) is 13.8 Å². The van der Waals surface area contributed by atoms with Crippen LogP contribution >= 0.6 is 0 Å². The van der Waals surface area contributed by atoms with Crippen molar-refractivity contribution >= 4 is 5.91 Å². The van der Waals surface area contributed by atoms with Gasteiger partial charge in [0.15, 0.2) is 0 Å². The molecule has 1 aromatic rings. The zero-order valence-electron chi connectivity index (χ0n) is 11.1. The molecule has 0 aliphatic carbocycles. The molecule has 0 aliphatic heterocycles. The first-order valence-electron chi connectivity index (χ1n) is 5.94. The predicted molar refractivity (Wildman–Crippen MR) is 64.5 cm³/mol. The van der Waals surface area contributed by atoms with E-state index in [2.05, 4.69) is 10.4 Å². The van der Waals surface area contributed by atoms with Crippen LogP contribution in [0, 0.1) is 12.8 Å². The van der Waals surface area contributed by atoms with Crippen LogP contribution < -0.4 is 5.32 Å². The highest BCUT2D eigenvalue weighted by atomic mass is 19.3. The molecule has 4 nitrogen and oxygen atoms in total. The van der Waals surface area contributed by atoms with Gasteiger partial charge in [-0.25, -0.2) is 8.78 Å². The molecule has 0 spiro atoms. The molecular formula is C12H19F2N3O. The lowest BCUT2D eigenvalue weighted by Gasteiger charge is -2.15. The van der Waals surface area contributed by atoms with Gasteiger partial charge in [-0.05, 0) is 25.8 Å². The number of nitrogens with zero attached hydrogens (tertiary/aromatic N) is 2. The molecule has 1 rings (SSSR count). The minimum Gasteiger partial charge on any atom is -0.354 e. The van der Waals surface area contributed by atoms with Crippen molar-refractivity contribution in [3.05, 3.63) is 17.5 Å². The Balaban J connectivity index is 2.77. The van der Waals surface area contributed by atoms with E-state index in [0.29, 0.717) is 18.2 Å². The molecule has 0 radical (unpaired) electrons. The molecule has 1 amide bonds. The topological polar surface area (TPSA) is 46.9 Å². The predicted octanol–water partition coefficient (Wildman–Crippen LogP) is 2.46. The summed E-state index contributed by atoms with van der Waals surface area (Å²) in [7, 11) is 0. The Labute approximate surface area is 105 Å². The van der Waals surface area contributed by atoms with E-state index < -0.39 is 12.5 Å². The van der Waals surface area contributed by atoms with Gasteiger partial charge in [0.05, 0.1) is 0 Å². The van der Waals surface area contributed by atoms with Gasteiger partial charge in [0.25, 0.3) is 6.43 Å². The van der Waals surface area contributed by atoms with E-state index in [1.165, 1.54) is 10.7 Å². The van der Waals surface area contributed by atoms with Crippen molar-refractivity contribution in [2.24, 2.45) is 5.92 Å². The van der Waals surface area contributed by atoms with Gasteiger partial charge in [-0.2, -0.15) is 5.10 Å². The van der Waals surface area contributed by atoms with E-state index in [9.17, 15) is 13.6 Å². The number of carbonyl (C=O) groups is 1. The van der Waals surface area contributed by atoms with Gasteiger partial charge in [-0.15, -0.1) is 0 Å². The summed E-state index contributed by atoms with van der Waals surface area (Å²) in [6.07, 6.45) is -2.61. The number of hydrogen-bond acceptors (Lipinski definition) is 2. The van der Waals surface area contributed by atoms with Crippen LogP contribution in [0.15, 0.2) is 6.07 Å². The van der Waals surface area contributed by atoms with E-state index in [-0.39, 0.29) is 11.6 Å². The van der Waals surface area contributed by atoms with E-state index in [1.807, 2.05) is 13.8 Å². The van der Waals surface area contributed by atoms with Crippen molar-refractivity contribution in [1.29, 1.82) is 0 Å². The maximum Gasteiger partial charge on any atom is 0.282 e. The molecule has 1 N–H and O–H groups in total. The second-order valence-corrected chi connectivity index (χ2v) is 4.77. The van der Waals surface area contributed by atoms with Gasteiger partial charge in [0.1, 0.15) is 11.7 Å². The standard InChI is InChI=1S/C12H19F2N3O/c1-7(2)6-15-12(18)9(4)17-8(3)5-10(16-17)11(13)14/h5,7,9,11H,6H2,1-4H3,(H,15,18). The fourth-order valence-corrected chi connectivity index (χ4v) is 1.57. The Morgan fingerprint density at radius 1 is 1.44 bits per heavy atom. The van der Waals surface area contributed by atoms with Crippen molar-refractivity contribution in [3.63, 3.8) is 0 Å². The average molecular weight is 259 g/mol. The zero-order chi connectivity index (χ0) is 13.9. The fourth-order valence-electron chi connectivity index (χ4n) is 1.57. The van der Waals surface area contributed by atoms with E-state index in [4.69, 9.17) is 0 Å². The highest BCUT2D eigenvalue weighted by Crippen LogP contribution is 2.20. The van der Waals surface area contributed by atoms with Gasteiger partial charge >= 0.3 is 0 Å². The number of hydrogen-bond donors (Lipinski definition) is 1. The fraction of sp³-hybridized carbons (Fsp3) is 0.667. The van der Waals surface area contributed by atoms with Crippen LogP contribution in [0.5, 0.6) is 0 Å². The summed E-state index contributed by atoms with van der Waals surface area (Å²) in [5, 5.41) is 6.52. The Kier molecular flexibility index (Phi) is 4.81. The molecule has 0 saturated carbocycles. The molecule has 102 valence electrons. The Morgan fingerprint density at radius 2 is 2.06 bits per heavy atom. The number of halogens is 2. The van der Waals surface area contributed by atoms with Crippen molar-refractivity contribution in [3.8, 4) is 0 Å². The third kappa shape index (κ3) is 3.51. The van der Waals surface area contributed by atoms with E-state index >= 15 is 0 Å². The van der Waals surface area contributed by atoms with Crippen LogP contribution in [0.2, 0.25) is 0 Å².